The lowest BCUT2D eigenvalue weighted by Gasteiger charge is -2.17. The summed E-state index contributed by atoms with van der Waals surface area (Å²) in [6, 6.07) is 2.61. The van der Waals surface area contributed by atoms with E-state index in [1.165, 1.54) is 12.1 Å². The van der Waals surface area contributed by atoms with Gasteiger partial charge in [-0.15, -0.1) is 11.3 Å². The van der Waals surface area contributed by atoms with Crippen LogP contribution in [0.5, 0.6) is 0 Å². The third kappa shape index (κ3) is 4.40. The van der Waals surface area contributed by atoms with Crippen molar-refractivity contribution < 1.29 is 18.3 Å². The van der Waals surface area contributed by atoms with Crippen molar-refractivity contribution in [2.75, 3.05) is 6.54 Å². The highest BCUT2D eigenvalue weighted by molar-refractivity contribution is 7.91. The third-order valence-corrected chi connectivity index (χ3v) is 5.25. The van der Waals surface area contributed by atoms with E-state index in [-0.39, 0.29) is 14.5 Å². The highest BCUT2D eigenvalue weighted by Crippen LogP contribution is 2.22. The average Bonchev–Trinajstić information content (AvgIpc) is 2.63. The third-order valence-electron chi connectivity index (χ3n) is 2.22. The van der Waals surface area contributed by atoms with Gasteiger partial charge in [-0.05, 0) is 24.0 Å². The summed E-state index contributed by atoms with van der Waals surface area (Å²) in [6.45, 7) is 6.41. The molecule has 0 unspecified atom stereocenters. The van der Waals surface area contributed by atoms with Gasteiger partial charge in [-0.25, -0.2) is 17.9 Å². The molecular weight excluding hydrogens is 274 g/mol. The van der Waals surface area contributed by atoms with E-state index in [0.717, 1.165) is 11.3 Å². The first-order valence-corrected chi connectivity index (χ1v) is 7.75. The summed E-state index contributed by atoms with van der Waals surface area (Å²) in [7, 11) is -3.59. The first kappa shape index (κ1) is 15.1. The van der Waals surface area contributed by atoms with Crippen LogP contribution in [0, 0.1) is 5.41 Å². The Labute approximate surface area is 111 Å². The molecule has 0 atom stereocenters. The summed E-state index contributed by atoms with van der Waals surface area (Å²) in [5.74, 6) is -1.11. The van der Waals surface area contributed by atoms with Crippen molar-refractivity contribution in [1.82, 2.24) is 4.72 Å². The van der Waals surface area contributed by atoms with Gasteiger partial charge in [0.1, 0.15) is 9.09 Å². The number of carboxylic acid groups (broad SMARTS) is 1. The van der Waals surface area contributed by atoms with Crippen molar-refractivity contribution in [3.05, 3.63) is 17.0 Å². The van der Waals surface area contributed by atoms with Gasteiger partial charge in [-0.2, -0.15) is 0 Å². The average molecular weight is 291 g/mol. The summed E-state index contributed by atoms with van der Waals surface area (Å²) in [5, 5.41) is 8.74. The fourth-order valence-electron chi connectivity index (χ4n) is 1.21. The number of aromatic carboxylic acids is 1. The molecule has 1 heterocycles. The number of nitrogens with one attached hydrogen (secondary N) is 1. The minimum atomic E-state index is -3.59. The Hall–Kier alpha value is -0.920. The van der Waals surface area contributed by atoms with E-state index in [9.17, 15) is 13.2 Å². The molecule has 0 saturated carbocycles. The van der Waals surface area contributed by atoms with Gasteiger partial charge in [0, 0.05) is 6.54 Å². The number of hydrogen-bond acceptors (Lipinski definition) is 4. The van der Waals surface area contributed by atoms with Crippen LogP contribution in [0.1, 0.15) is 36.9 Å². The van der Waals surface area contributed by atoms with Crippen molar-refractivity contribution in [2.45, 2.75) is 31.4 Å². The number of carbonyl (C=O) groups is 1. The first-order valence-electron chi connectivity index (χ1n) is 5.45. The molecule has 2 N–H and O–H groups in total. The molecule has 0 aliphatic heterocycles. The van der Waals surface area contributed by atoms with Crippen molar-refractivity contribution >= 4 is 27.3 Å². The van der Waals surface area contributed by atoms with E-state index in [1.54, 1.807) is 0 Å². The van der Waals surface area contributed by atoms with E-state index in [2.05, 4.69) is 4.72 Å². The Bertz CT molecular complexity index is 525. The quantitative estimate of drug-likeness (QED) is 0.870. The Kier molecular flexibility index (Phi) is 4.52. The molecule has 1 rings (SSSR count). The predicted molar refractivity (Wildman–Crippen MR) is 70.5 cm³/mol. The summed E-state index contributed by atoms with van der Waals surface area (Å²) in [6.07, 6.45) is 0.712. The van der Waals surface area contributed by atoms with Crippen LogP contribution < -0.4 is 4.72 Å². The van der Waals surface area contributed by atoms with Gasteiger partial charge in [0.15, 0.2) is 0 Å². The van der Waals surface area contributed by atoms with E-state index >= 15 is 0 Å². The second kappa shape index (κ2) is 5.38. The zero-order valence-electron chi connectivity index (χ0n) is 10.6. The fourth-order valence-corrected chi connectivity index (χ4v) is 3.43. The maximum absolute atomic E-state index is 11.9. The maximum Gasteiger partial charge on any atom is 0.345 e. The van der Waals surface area contributed by atoms with Gasteiger partial charge in [0.05, 0.1) is 0 Å². The molecule has 0 aliphatic carbocycles. The molecule has 1 aromatic rings. The second-order valence-electron chi connectivity index (χ2n) is 5.13. The predicted octanol–water partition coefficient (Wildman–Crippen LogP) is 2.16. The van der Waals surface area contributed by atoms with Crippen molar-refractivity contribution in [1.29, 1.82) is 0 Å². The van der Waals surface area contributed by atoms with Gasteiger partial charge in [-0.3, -0.25) is 0 Å². The van der Waals surface area contributed by atoms with Crippen LogP contribution in [-0.2, 0) is 10.0 Å². The van der Waals surface area contributed by atoms with Crippen molar-refractivity contribution in [3.8, 4) is 0 Å². The molecule has 1 aromatic heterocycles. The highest BCUT2D eigenvalue weighted by atomic mass is 32.2. The largest absolute Gasteiger partial charge is 0.477 e. The van der Waals surface area contributed by atoms with Gasteiger partial charge in [0.2, 0.25) is 10.0 Å². The molecule has 0 aromatic carbocycles. The standard InChI is InChI=1S/C11H17NO4S2/c1-11(2,3)6-7-12-18(15,16)9-5-4-8(17-9)10(13)14/h4-5,12H,6-7H2,1-3H3,(H,13,14). The zero-order chi connectivity index (χ0) is 14.0. The lowest BCUT2D eigenvalue weighted by molar-refractivity contribution is 0.0702. The first-order chi connectivity index (χ1) is 8.12. The summed E-state index contributed by atoms with van der Waals surface area (Å²) < 4.78 is 26.2. The van der Waals surface area contributed by atoms with E-state index in [0.29, 0.717) is 13.0 Å². The van der Waals surface area contributed by atoms with Crippen molar-refractivity contribution in [2.24, 2.45) is 5.41 Å². The van der Waals surface area contributed by atoms with Crippen LogP contribution in [0.2, 0.25) is 0 Å². The Morgan fingerprint density at radius 2 is 2.00 bits per heavy atom. The van der Waals surface area contributed by atoms with Gasteiger partial charge >= 0.3 is 5.97 Å². The Morgan fingerprint density at radius 3 is 2.44 bits per heavy atom. The van der Waals surface area contributed by atoms with E-state index in [1.807, 2.05) is 20.8 Å². The number of sulfonamides is 1. The summed E-state index contributed by atoms with van der Waals surface area (Å²) in [4.78, 5) is 10.7. The Morgan fingerprint density at radius 1 is 1.39 bits per heavy atom. The van der Waals surface area contributed by atoms with Crippen LogP contribution in [0.3, 0.4) is 0 Å². The minimum absolute atomic E-state index is 0.0196. The van der Waals surface area contributed by atoms with Gasteiger partial charge in [-0.1, -0.05) is 20.8 Å². The lowest BCUT2D eigenvalue weighted by Crippen LogP contribution is -2.26. The molecule has 0 amide bonds. The number of thiophene rings is 1. The molecule has 102 valence electrons. The van der Waals surface area contributed by atoms with Crippen LogP contribution in [-0.4, -0.2) is 26.0 Å². The monoisotopic (exact) mass is 291 g/mol. The number of carboxylic acids is 1. The molecule has 0 fully saturated rings. The molecular formula is C11H17NO4S2. The minimum Gasteiger partial charge on any atom is -0.477 e. The molecule has 0 spiro atoms. The molecule has 5 nitrogen and oxygen atoms in total. The zero-order valence-corrected chi connectivity index (χ0v) is 12.2. The van der Waals surface area contributed by atoms with Crippen LogP contribution in [0.25, 0.3) is 0 Å². The van der Waals surface area contributed by atoms with E-state index in [4.69, 9.17) is 5.11 Å². The second-order valence-corrected chi connectivity index (χ2v) is 8.21. The normalized spacial score (nSPS) is 12.6. The topological polar surface area (TPSA) is 83.5 Å². The molecule has 0 radical (unpaired) electrons. The molecule has 0 bridgehead atoms. The molecule has 0 saturated heterocycles. The smallest absolute Gasteiger partial charge is 0.345 e. The molecule has 7 heteroatoms. The van der Waals surface area contributed by atoms with Crippen molar-refractivity contribution in [3.63, 3.8) is 0 Å². The molecule has 18 heavy (non-hydrogen) atoms. The number of rotatable bonds is 5. The van der Waals surface area contributed by atoms with Crippen LogP contribution in [0.15, 0.2) is 16.3 Å². The van der Waals surface area contributed by atoms with E-state index < -0.39 is 16.0 Å². The Balaban J connectivity index is 2.71. The lowest BCUT2D eigenvalue weighted by atomic mass is 9.93. The van der Waals surface area contributed by atoms with Crippen LogP contribution >= 0.6 is 11.3 Å². The van der Waals surface area contributed by atoms with Crippen LogP contribution in [0.4, 0.5) is 0 Å². The number of hydrogen-bond donors (Lipinski definition) is 2. The van der Waals surface area contributed by atoms with Gasteiger partial charge < -0.3 is 5.11 Å². The fraction of sp³-hybridized carbons (Fsp3) is 0.545. The maximum atomic E-state index is 11.9. The molecule has 0 aliphatic rings. The SMILES string of the molecule is CC(C)(C)CCNS(=O)(=O)c1ccc(C(=O)O)s1. The summed E-state index contributed by atoms with van der Waals surface area (Å²) in [5.41, 5.74) is 0.0458. The van der Waals surface area contributed by atoms with Gasteiger partial charge in [0.25, 0.3) is 0 Å². The highest BCUT2D eigenvalue weighted by Gasteiger charge is 2.19. The summed E-state index contributed by atoms with van der Waals surface area (Å²) >= 11 is 0.756.